The van der Waals surface area contributed by atoms with Gasteiger partial charge in [-0.25, -0.2) is 0 Å². The zero-order chi connectivity index (χ0) is 14.2. The number of amides is 1. The Morgan fingerprint density at radius 3 is 2.55 bits per heavy atom. The Bertz CT molecular complexity index is 365. The number of hydrogen-bond acceptors (Lipinski definition) is 3. The summed E-state index contributed by atoms with van der Waals surface area (Å²) in [5.41, 5.74) is 5.39. The van der Waals surface area contributed by atoms with Gasteiger partial charge in [-0.2, -0.15) is 0 Å². The Balaban J connectivity index is 1.69. The van der Waals surface area contributed by atoms with Crippen LogP contribution < -0.4 is 11.1 Å². The molecule has 0 aromatic heterocycles. The van der Waals surface area contributed by atoms with Crippen LogP contribution >= 0.6 is 0 Å². The van der Waals surface area contributed by atoms with Crippen molar-refractivity contribution in [1.82, 2.24) is 10.2 Å². The average molecular weight is 279 g/mol. The van der Waals surface area contributed by atoms with Crippen LogP contribution in [0.25, 0.3) is 0 Å². The van der Waals surface area contributed by atoms with Crippen molar-refractivity contribution in [3.05, 3.63) is 0 Å². The lowest BCUT2D eigenvalue weighted by molar-refractivity contribution is -0.126. The van der Waals surface area contributed by atoms with Crippen molar-refractivity contribution in [1.29, 1.82) is 0 Å². The van der Waals surface area contributed by atoms with Gasteiger partial charge in [0.1, 0.15) is 5.54 Å². The molecule has 3 rings (SSSR count). The van der Waals surface area contributed by atoms with Gasteiger partial charge in [0.15, 0.2) is 0 Å². The van der Waals surface area contributed by atoms with Crippen molar-refractivity contribution in [3.8, 4) is 0 Å². The molecule has 1 aliphatic heterocycles. The third-order valence-electron chi connectivity index (χ3n) is 5.34. The minimum absolute atomic E-state index is 0.121. The van der Waals surface area contributed by atoms with E-state index in [0.29, 0.717) is 12.0 Å². The van der Waals surface area contributed by atoms with Crippen molar-refractivity contribution in [2.75, 3.05) is 19.6 Å². The Hall–Kier alpha value is -0.610. The van der Waals surface area contributed by atoms with Crippen LogP contribution in [0.5, 0.6) is 0 Å². The minimum Gasteiger partial charge on any atom is -0.368 e. The lowest BCUT2D eigenvalue weighted by Gasteiger charge is -2.37. The molecule has 1 saturated heterocycles. The number of rotatable bonds is 6. The molecule has 1 amide bonds. The van der Waals surface area contributed by atoms with E-state index in [4.69, 9.17) is 5.73 Å². The van der Waals surface area contributed by atoms with Gasteiger partial charge in [-0.15, -0.1) is 0 Å². The number of carbonyl (C=O) groups is 1. The van der Waals surface area contributed by atoms with Crippen LogP contribution in [0.1, 0.15) is 51.9 Å². The summed E-state index contributed by atoms with van der Waals surface area (Å²) < 4.78 is 0. The summed E-state index contributed by atoms with van der Waals surface area (Å²) in [7, 11) is 0. The van der Waals surface area contributed by atoms with Crippen molar-refractivity contribution in [2.24, 2.45) is 17.6 Å². The number of carbonyl (C=O) groups excluding carboxylic acids is 1. The second kappa shape index (κ2) is 5.64. The maximum atomic E-state index is 12.2. The molecule has 2 aliphatic carbocycles. The number of nitrogens with zero attached hydrogens (tertiary/aromatic N) is 1. The number of hydrogen-bond donors (Lipinski definition) is 2. The van der Waals surface area contributed by atoms with E-state index in [1.807, 2.05) is 0 Å². The molecule has 2 atom stereocenters. The topological polar surface area (TPSA) is 58.4 Å². The van der Waals surface area contributed by atoms with E-state index in [9.17, 15) is 4.79 Å². The van der Waals surface area contributed by atoms with Crippen LogP contribution in [0.3, 0.4) is 0 Å². The maximum absolute atomic E-state index is 12.2. The quantitative estimate of drug-likeness (QED) is 0.774. The zero-order valence-electron chi connectivity index (χ0n) is 12.7. The summed E-state index contributed by atoms with van der Waals surface area (Å²) in [6, 6.07) is 0.536. The molecular formula is C16H29N3O. The fourth-order valence-corrected chi connectivity index (χ4v) is 3.64. The second-order valence-corrected chi connectivity index (χ2v) is 7.34. The lowest BCUT2D eigenvalue weighted by Crippen LogP contribution is -2.64. The molecule has 2 saturated carbocycles. The van der Waals surface area contributed by atoms with Gasteiger partial charge < -0.3 is 10.6 Å². The molecule has 4 nitrogen and oxygen atoms in total. The fraction of sp³-hybridized carbons (Fsp3) is 0.938. The van der Waals surface area contributed by atoms with Crippen LogP contribution in [0.2, 0.25) is 0 Å². The first-order valence-electron chi connectivity index (χ1n) is 8.40. The van der Waals surface area contributed by atoms with E-state index >= 15 is 0 Å². The maximum Gasteiger partial charge on any atom is 0.239 e. The molecule has 0 bridgehead atoms. The van der Waals surface area contributed by atoms with E-state index in [1.165, 1.54) is 32.1 Å². The molecule has 114 valence electrons. The van der Waals surface area contributed by atoms with Crippen molar-refractivity contribution in [3.63, 3.8) is 0 Å². The van der Waals surface area contributed by atoms with Crippen molar-refractivity contribution in [2.45, 2.75) is 63.5 Å². The predicted octanol–water partition coefficient (Wildman–Crippen LogP) is 1.49. The Morgan fingerprint density at radius 2 is 1.95 bits per heavy atom. The van der Waals surface area contributed by atoms with Crippen LogP contribution in [-0.4, -0.2) is 42.0 Å². The molecule has 20 heavy (non-hydrogen) atoms. The van der Waals surface area contributed by atoms with Gasteiger partial charge in [-0.1, -0.05) is 6.92 Å². The van der Waals surface area contributed by atoms with Crippen LogP contribution in [-0.2, 0) is 4.79 Å². The summed E-state index contributed by atoms with van der Waals surface area (Å²) in [6.45, 7) is 5.41. The number of nitrogens with two attached hydrogens (primary N) is 1. The minimum atomic E-state index is -0.450. The number of primary amides is 1. The van der Waals surface area contributed by atoms with Crippen molar-refractivity contribution >= 4 is 5.91 Å². The molecule has 2 unspecified atom stereocenters. The zero-order valence-corrected chi connectivity index (χ0v) is 12.7. The van der Waals surface area contributed by atoms with Gasteiger partial charge in [0, 0.05) is 12.6 Å². The normalized spacial score (nSPS) is 31.6. The standard InChI is InChI=1S/C16H29N3O/c1-12-3-2-9-19(10-8-12)11-16(15(17)20,13-4-5-13)18-14-6-7-14/h12-14,18H,2-11H2,1H3,(H2,17,20). The van der Waals surface area contributed by atoms with Crippen LogP contribution in [0.15, 0.2) is 0 Å². The first kappa shape index (κ1) is 14.3. The van der Waals surface area contributed by atoms with E-state index in [1.54, 1.807) is 0 Å². The summed E-state index contributed by atoms with van der Waals surface area (Å²) in [5.74, 6) is 1.17. The molecule has 0 aromatic carbocycles. The average Bonchev–Trinajstić information content (AvgIpc) is 3.26. The first-order chi connectivity index (χ1) is 9.60. The number of nitrogens with one attached hydrogen (secondary N) is 1. The van der Waals surface area contributed by atoms with E-state index in [-0.39, 0.29) is 5.91 Å². The summed E-state index contributed by atoms with van der Waals surface area (Å²) in [6.07, 6.45) is 8.56. The van der Waals surface area contributed by atoms with Crippen LogP contribution in [0.4, 0.5) is 0 Å². The van der Waals surface area contributed by atoms with E-state index in [2.05, 4.69) is 17.1 Å². The Kier molecular flexibility index (Phi) is 4.04. The Labute approximate surface area is 122 Å². The lowest BCUT2D eigenvalue weighted by atomic mass is 9.90. The highest BCUT2D eigenvalue weighted by atomic mass is 16.1. The first-order valence-corrected chi connectivity index (χ1v) is 8.40. The van der Waals surface area contributed by atoms with Gasteiger partial charge in [0.2, 0.25) is 5.91 Å². The van der Waals surface area contributed by atoms with Crippen LogP contribution in [0, 0.1) is 11.8 Å². The highest BCUT2D eigenvalue weighted by Crippen LogP contribution is 2.42. The smallest absolute Gasteiger partial charge is 0.239 e. The largest absolute Gasteiger partial charge is 0.368 e. The summed E-state index contributed by atoms with van der Waals surface area (Å²) in [5, 5.41) is 3.63. The molecule has 3 fully saturated rings. The molecular weight excluding hydrogens is 250 g/mol. The van der Waals surface area contributed by atoms with Gasteiger partial charge in [-0.3, -0.25) is 10.1 Å². The molecule has 4 heteroatoms. The Morgan fingerprint density at radius 1 is 1.20 bits per heavy atom. The highest BCUT2D eigenvalue weighted by Gasteiger charge is 2.52. The molecule has 0 spiro atoms. The molecule has 0 aromatic rings. The number of likely N-dealkylation sites (tertiary alicyclic amines) is 1. The molecule has 1 heterocycles. The van der Waals surface area contributed by atoms with Gasteiger partial charge >= 0.3 is 0 Å². The van der Waals surface area contributed by atoms with E-state index < -0.39 is 5.54 Å². The highest BCUT2D eigenvalue weighted by molar-refractivity contribution is 5.86. The van der Waals surface area contributed by atoms with Crippen molar-refractivity contribution < 1.29 is 4.79 Å². The second-order valence-electron chi connectivity index (χ2n) is 7.34. The molecule has 0 radical (unpaired) electrons. The third-order valence-corrected chi connectivity index (χ3v) is 5.34. The van der Waals surface area contributed by atoms with Gasteiger partial charge in [0.05, 0.1) is 0 Å². The van der Waals surface area contributed by atoms with E-state index in [0.717, 1.165) is 38.4 Å². The van der Waals surface area contributed by atoms with Gasteiger partial charge in [0.25, 0.3) is 0 Å². The molecule has 3 aliphatic rings. The fourth-order valence-electron chi connectivity index (χ4n) is 3.64. The molecule has 3 N–H and O–H groups in total. The SMILES string of the molecule is CC1CCCN(CC(NC2CC2)(C(N)=O)C2CC2)CC1. The summed E-state index contributed by atoms with van der Waals surface area (Å²) in [4.78, 5) is 14.7. The predicted molar refractivity (Wildman–Crippen MR) is 80.3 cm³/mol. The van der Waals surface area contributed by atoms with Gasteiger partial charge in [-0.05, 0) is 69.9 Å². The third kappa shape index (κ3) is 3.17. The summed E-state index contributed by atoms with van der Waals surface area (Å²) >= 11 is 0. The monoisotopic (exact) mass is 279 g/mol.